The number of rotatable bonds is 4. The van der Waals surface area contributed by atoms with Gasteiger partial charge >= 0.3 is 6.01 Å². The number of amides is 1. The van der Waals surface area contributed by atoms with Crippen LogP contribution in [0.25, 0.3) is 6.08 Å². The van der Waals surface area contributed by atoms with E-state index in [1.807, 2.05) is 23.6 Å². The Morgan fingerprint density at radius 1 is 1.43 bits per heavy atom. The Labute approximate surface area is 143 Å². The first-order valence-corrected chi connectivity index (χ1v) is 8.61. The van der Waals surface area contributed by atoms with Gasteiger partial charge in [0.2, 0.25) is 5.91 Å². The second-order valence-electron chi connectivity index (χ2n) is 5.20. The number of piperidine rings is 1. The van der Waals surface area contributed by atoms with Crippen LogP contribution in [0.5, 0.6) is 6.01 Å². The van der Waals surface area contributed by atoms with Crippen molar-refractivity contribution in [3.8, 4) is 6.01 Å². The lowest BCUT2D eigenvalue weighted by molar-refractivity contribution is -0.128. The molecule has 1 aliphatic heterocycles. The van der Waals surface area contributed by atoms with E-state index in [2.05, 4.69) is 9.97 Å². The molecule has 1 saturated heterocycles. The number of thiophene rings is 1. The summed E-state index contributed by atoms with van der Waals surface area (Å²) in [5.74, 6) is 0.00345. The van der Waals surface area contributed by atoms with Gasteiger partial charge in [-0.15, -0.1) is 11.3 Å². The van der Waals surface area contributed by atoms with Crippen molar-refractivity contribution in [1.82, 2.24) is 14.9 Å². The quantitative estimate of drug-likeness (QED) is 0.795. The van der Waals surface area contributed by atoms with Gasteiger partial charge in [0, 0.05) is 17.5 Å². The molecule has 1 amide bonds. The molecule has 1 unspecified atom stereocenters. The molecule has 7 heteroatoms. The van der Waals surface area contributed by atoms with Gasteiger partial charge in [0.05, 0.1) is 24.0 Å². The minimum atomic E-state index is -0.0935. The largest absolute Gasteiger partial charge is 0.458 e. The summed E-state index contributed by atoms with van der Waals surface area (Å²) < 4.78 is 5.74. The standard InChI is InChI=1S/C16H16ClN3O2S/c17-12-9-18-16(19-10-12)22-13-3-1-7-20(11-13)15(21)6-5-14-4-2-8-23-14/h2,4-6,8-10,13H,1,3,7,11H2/b6-5+. The smallest absolute Gasteiger partial charge is 0.316 e. The molecular weight excluding hydrogens is 334 g/mol. The molecule has 0 spiro atoms. The lowest BCUT2D eigenvalue weighted by Gasteiger charge is -2.31. The minimum Gasteiger partial charge on any atom is -0.458 e. The minimum absolute atomic E-state index is 0.00345. The summed E-state index contributed by atoms with van der Waals surface area (Å²) in [6.45, 7) is 1.29. The van der Waals surface area contributed by atoms with Gasteiger partial charge in [0.25, 0.3) is 0 Å². The number of ether oxygens (including phenoxy) is 1. The second kappa shape index (κ2) is 7.57. The number of carbonyl (C=O) groups excluding carboxylic acids is 1. The predicted octanol–water partition coefficient (Wildman–Crippen LogP) is 3.27. The van der Waals surface area contributed by atoms with Gasteiger partial charge in [-0.2, -0.15) is 0 Å². The Morgan fingerprint density at radius 3 is 3.00 bits per heavy atom. The van der Waals surface area contributed by atoms with Crippen LogP contribution in [0, 0.1) is 0 Å². The second-order valence-corrected chi connectivity index (χ2v) is 6.61. The summed E-state index contributed by atoms with van der Waals surface area (Å²) in [5.41, 5.74) is 0. The maximum Gasteiger partial charge on any atom is 0.316 e. The van der Waals surface area contributed by atoms with Crippen LogP contribution in [0.2, 0.25) is 5.02 Å². The molecule has 5 nitrogen and oxygen atoms in total. The highest BCUT2D eigenvalue weighted by atomic mass is 35.5. The Hall–Kier alpha value is -1.92. The van der Waals surface area contributed by atoms with E-state index in [-0.39, 0.29) is 12.0 Å². The van der Waals surface area contributed by atoms with Crippen molar-refractivity contribution in [3.05, 3.63) is 45.9 Å². The lowest BCUT2D eigenvalue weighted by Crippen LogP contribution is -2.43. The van der Waals surface area contributed by atoms with E-state index < -0.39 is 0 Å². The third kappa shape index (κ3) is 4.53. The van der Waals surface area contributed by atoms with Crippen molar-refractivity contribution in [1.29, 1.82) is 0 Å². The van der Waals surface area contributed by atoms with E-state index in [0.717, 1.165) is 24.3 Å². The van der Waals surface area contributed by atoms with Crippen LogP contribution in [-0.2, 0) is 4.79 Å². The van der Waals surface area contributed by atoms with Crippen LogP contribution in [0.3, 0.4) is 0 Å². The summed E-state index contributed by atoms with van der Waals surface area (Å²) >= 11 is 7.36. The Bertz CT molecular complexity index is 673. The highest BCUT2D eigenvalue weighted by molar-refractivity contribution is 7.10. The normalized spacial score (nSPS) is 18.3. The van der Waals surface area contributed by atoms with Crippen molar-refractivity contribution in [2.75, 3.05) is 13.1 Å². The molecule has 0 bridgehead atoms. The van der Waals surface area contributed by atoms with E-state index in [1.54, 1.807) is 22.3 Å². The zero-order valence-electron chi connectivity index (χ0n) is 12.4. The molecule has 3 heterocycles. The summed E-state index contributed by atoms with van der Waals surface area (Å²) in [6, 6.07) is 4.24. The predicted molar refractivity (Wildman–Crippen MR) is 90.6 cm³/mol. The zero-order valence-corrected chi connectivity index (χ0v) is 14.0. The molecule has 2 aromatic heterocycles. The third-order valence-electron chi connectivity index (χ3n) is 3.49. The van der Waals surface area contributed by atoms with Crippen LogP contribution < -0.4 is 4.74 Å². The molecule has 1 aliphatic rings. The Morgan fingerprint density at radius 2 is 2.26 bits per heavy atom. The van der Waals surface area contributed by atoms with Crippen LogP contribution in [0.1, 0.15) is 17.7 Å². The first-order chi connectivity index (χ1) is 11.2. The van der Waals surface area contributed by atoms with Gasteiger partial charge in [-0.25, -0.2) is 9.97 Å². The monoisotopic (exact) mass is 349 g/mol. The molecule has 0 aliphatic carbocycles. The molecule has 0 aromatic carbocycles. The van der Waals surface area contributed by atoms with Crippen molar-refractivity contribution >= 4 is 34.9 Å². The molecule has 1 atom stereocenters. The number of aromatic nitrogens is 2. The first kappa shape index (κ1) is 16.0. The molecule has 23 heavy (non-hydrogen) atoms. The summed E-state index contributed by atoms with van der Waals surface area (Å²) in [6.07, 6.45) is 8.15. The van der Waals surface area contributed by atoms with E-state index in [0.29, 0.717) is 17.6 Å². The van der Waals surface area contributed by atoms with Gasteiger partial charge in [-0.3, -0.25) is 4.79 Å². The van der Waals surface area contributed by atoms with Crippen molar-refractivity contribution in [2.24, 2.45) is 0 Å². The first-order valence-electron chi connectivity index (χ1n) is 7.35. The molecule has 0 radical (unpaired) electrons. The number of halogens is 1. The highest BCUT2D eigenvalue weighted by Crippen LogP contribution is 2.17. The highest BCUT2D eigenvalue weighted by Gasteiger charge is 2.24. The topological polar surface area (TPSA) is 55.3 Å². The molecule has 120 valence electrons. The van der Waals surface area contributed by atoms with E-state index in [4.69, 9.17) is 16.3 Å². The van der Waals surface area contributed by atoms with Gasteiger partial charge in [-0.05, 0) is 30.4 Å². The van der Waals surface area contributed by atoms with Crippen molar-refractivity contribution in [3.63, 3.8) is 0 Å². The maximum atomic E-state index is 12.3. The zero-order chi connectivity index (χ0) is 16.1. The molecular formula is C16H16ClN3O2S. The number of likely N-dealkylation sites (tertiary alicyclic amines) is 1. The SMILES string of the molecule is O=C(/C=C/c1cccs1)N1CCCC(Oc2ncc(Cl)cn2)C1. The maximum absolute atomic E-state index is 12.3. The number of nitrogens with zero attached hydrogens (tertiary/aromatic N) is 3. The number of hydrogen-bond donors (Lipinski definition) is 0. The van der Waals surface area contributed by atoms with Gasteiger partial charge < -0.3 is 9.64 Å². The summed E-state index contributed by atoms with van der Waals surface area (Å²) in [5, 5.41) is 2.46. The lowest BCUT2D eigenvalue weighted by atomic mass is 10.1. The van der Waals surface area contributed by atoms with E-state index in [9.17, 15) is 4.79 Å². The molecule has 2 aromatic rings. The average molecular weight is 350 g/mol. The van der Waals surface area contributed by atoms with Crippen LogP contribution in [0.15, 0.2) is 36.0 Å². The fourth-order valence-electron chi connectivity index (χ4n) is 2.39. The summed E-state index contributed by atoms with van der Waals surface area (Å²) in [4.78, 5) is 23.2. The molecule has 0 saturated carbocycles. The van der Waals surface area contributed by atoms with Gasteiger partial charge in [0.1, 0.15) is 6.10 Å². The van der Waals surface area contributed by atoms with Gasteiger partial charge in [-0.1, -0.05) is 17.7 Å². The van der Waals surface area contributed by atoms with Crippen LogP contribution in [0.4, 0.5) is 0 Å². The Balaban J connectivity index is 1.57. The fraction of sp³-hybridized carbons (Fsp3) is 0.312. The average Bonchev–Trinajstić information content (AvgIpc) is 3.08. The van der Waals surface area contributed by atoms with Crippen LogP contribution >= 0.6 is 22.9 Å². The number of carbonyl (C=O) groups is 1. The van der Waals surface area contributed by atoms with Gasteiger partial charge in [0.15, 0.2) is 0 Å². The molecule has 3 rings (SSSR count). The Kier molecular flexibility index (Phi) is 5.25. The van der Waals surface area contributed by atoms with E-state index in [1.165, 1.54) is 12.4 Å². The molecule has 1 fully saturated rings. The van der Waals surface area contributed by atoms with Crippen molar-refractivity contribution in [2.45, 2.75) is 18.9 Å². The summed E-state index contributed by atoms with van der Waals surface area (Å²) in [7, 11) is 0. The number of hydrogen-bond acceptors (Lipinski definition) is 5. The van der Waals surface area contributed by atoms with E-state index >= 15 is 0 Å². The third-order valence-corrected chi connectivity index (χ3v) is 4.52. The molecule has 0 N–H and O–H groups in total. The van der Waals surface area contributed by atoms with Crippen molar-refractivity contribution < 1.29 is 9.53 Å². The fourth-order valence-corrected chi connectivity index (χ4v) is 3.11. The van der Waals surface area contributed by atoms with Crippen LogP contribution in [-0.4, -0.2) is 40.0 Å².